The van der Waals surface area contributed by atoms with E-state index in [0.29, 0.717) is 5.56 Å². The van der Waals surface area contributed by atoms with Crippen LogP contribution in [-0.4, -0.2) is 53.5 Å². The molecule has 2 rings (SSSR count). The Morgan fingerprint density at radius 3 is 2.48 bits per heavy atom. The van der Waals surface area contributed by atoms with Crippen molar-refractivity contribution in [2.75, 3.05) is 19.7 Å². The Labute approximate surface area is 141 Å². The van der Waals surface area contributed by atoms with E-state index in [9.17, 15) is 27.6 Å². The van der Waals surface area contributed by atoms with Gasteiger partial charge in [0, 0.05) is 18.7 Å². The zero-order valence-electron chi connectivity index (χ0n) is 13.2. The van der Waals surface area contributed by atoms with E-state index in [0.717, 1.165) is 4.90 Å². The third-order valence-corrected chi connectivity index (χ3v) is 4.01. The third-order valence-electron chi connectivity index (χ3n) is 4.01. The van der Waals surface area contributed by atoms with Crippen molar-refractivity contribution in [3.05, 3.63) is 29.8 Å². The monoisotopic (exact) mass is 359 g/mol. The van der Waals surface area contributed by atoms with Crippen LogP contribution in [0.15, 0.2) is 24.3 Å². The Balaban J connectivity index is 2.01. The molecule has 1 aromatic carbocycles. The molecular formula is C16H16F3NO5. The first-order valence-electron chi connectivity index (χ1n) is 7.40. The highest BCUT2D eigenvalue weighted by molar-refractivity contribution is 5.94. The van der Waals surface area contributed by atoms with Gasteiger partial charge < -0.3 is 14.7 Å². The van der Waals surface area contributed by atoms with Crippen molar-refractivity contribution in [1.82, 2.24) is 4.90 Å². The Bertz CT molecular complexity index is 689. The maximum Gasteiger partial charge on any atom is 0.394 e. The molecule has 1 fully saturated rings. The highest BCUT2D eigenvalue weighted by Gasteiger charge is 2.53. The number of hydrogen-bond donors (Lipinski definition) is 1. The predicted octanol–water partition coefficient (Wildman–Crippen LogP) is 1.99. The van der Waals surface area contributed by atoms with Crippen LogP contribution in [0.25, 0.3) is 0 Å². The normalized spacial score (nSPS) is 20.4. The largest absolute Gasteiger partial charge is 0.484 e. The van der Waals surface area contributed by atoms with Gasteiger partial charge in [-0.3, -0.25) is 14.4 Å². The SMILES string of the molecule is CC(=O)c1cccc(OCC(=O)N2C[C@@H](C(F)(F)F)[C@H](C(=O)O)C2)c1. The lowest BCUT2D eigenvalue weighted by atomic mass is 9.96. The van der Waals surface area contributed by atoms with E-state index in [4.69, 9.17) is 9.84 Å². The second kappa shape index (κ2) is 7.12. The number of carboxylic acid groups (broad SMARTS) is 1. The number of ether oxygens (including phenoxy) is 1. The zero-order chi connectivity index (χ0) is 18.8. The summed E-state index contributed by atoms with van der Waals surface area (Å²) < 4.78 is 44.0. The summed E-state index contributed by atoms with van der Waals surface area (Å²) in [4.78, 5) is 35.2. The molecule has 0 unspecified atom stereocenters. The molecule has 6 nitrogen and oxygen atoms in total. The first-order chi connectivity index (χ1) is 11.6. The van der Waals surface area contributed by atoms with Crippen molar-refractivity contribution in [2.24, 2.45) is 11.8 Å². The van der Waals surface area contributed by atoms with Crippen molar-refractivity contribution < 1.29 is 37.4 Å². The van der Waals surface area contributed by atoms with Crippen LogP contribution in [-0.2, 0) is 9.59 Å². The van der Waals surface area contributed by atoms with Crippen LogP contribution < -0.4 is 4.74 Å². The molecule has 0 radical (unpaired) electrons. The maximum absolute atomic E-state index is 12.9. The number of carbonyl (C=O) groups is 3. The standard InChI is InChI=1S/C16H16F3NO5/c1-9(21)10-3-2-4-11(5-10)25-8-14(22)20-6-12(15(23)24)13(7-20)16(17,18)19/h2-5,12-13H,6-8H2,1H3,(H,23,24)/t12-,13-/m1/s1. The summed E-state index contributed by atoms with van der Waals surface area (Å²) in [6, 6.07) is 6.02. The van der Waals surface area contributed by atoms with Gasteiger partial charge in [0.1, 0.15) is 5.75 Å². The molecule has 0 aromatic heterocycles. The molecule has 1 aromatic rings. The molecule has 0 aliphatic carbocycles. The van der Waals surface area contributed by atoms with Crippen LogP contribution in [0, 0.1) is 11.8 Å². The average Bonchev–Trinajstić information content (AvgIpc) is 2.99. The minimum atomic E-state index is -4.70. The zero-order valence-corrected chi connectivity index (χ0v) is 13.2. The van der Waals surface area contributed by atoms with E-state index in [1.165, 1.54) is 19.1 Å². The summed E-state index contributed by atoms with van der Waals surface area (Å²) in [5.41, 5.74) is 0.370. The molecule has 0 saturated carbocycles. The van der Waals surface area contributed by atoms with Gasteiger partial charge >= 0.3 is 12.1 Å². The lowest BCUT2D eigenvalue weighted by Crippen LogP contribution is -2.35. The number of rotatable bonds is 5. The number of ketones is 1. The Kier molecular flexibility index (Phi) is 5.34. The van der Waals surface area contributed by atoms with Gasteiger partial charge in [-0.1, -0.05) is 12.1 Å². The summed E-state index contributed by atoms with van der Waals surface area (Å²) >= 11 is 0. The van der Waals surface area contributed by atoms with E-state index >= 15 is 0 Å². The highest BCUT2D eigenvalue weighted by Crippen LogP contribution is 2.37. The molecule has 1 saturated heterocycles. The van der Waals surface area contributed by atoms with Crippen LogP contribution >= 0.6 is 0 Å². The van der Waals surface area contributed by atoms with E-state index in [2.05, 4.69) is 0 Å². The molecule has 1 heterocycles. The number of amides is 1. The van der Waals surface area contributed by atoms with Crippen molar-refractivity contribution in [3.63, 3.8) is 0 Å². The number of aliphatic carboxylic acids is 1. The minimum Gasteiger partial charge on any atom is -0.484 e. The third kappa shape index (κ3) is 4.49. The highest BCUT2D eigenvalue weighted by atomic mass is 19.4. The fourth-order valence-electron chi connectivity index (χ4n) is 2.63. The van der Waals surface area contributed by atoms with E-state index in [1.54, 1.807) is 12.1 Å². The molecule has 1 N–H and O–H groups in total. The van der Waals surface area contributed by atoms with Crippen LogP contribution in [0.5, 0.6) is 5.75 Å². The molecule has 136 valence electrons. The lowest BCUT2D eigenvalue weighted by Gasteiger charge is -2.18. The second-order valence-corrected chi connectivity index (χ2v) is 5.76. The molecule has 1 amide bonds. The lowest BCUT2D eigenvalue weighted by molar-refractivity contribution is -0.188. The number of carbonyl (C=O) groups excluding carboxylic acids is 2. The quantitative estimate of drug-likeness (QED) is 0.813. The number of halogens is 3. The molecular weight excluding hydrogens is 343 g/mol. The molecule has 9 heteroatoms. The summed E-state index contributed by atoms with van der Waals surface area (Å²) in [5.74, 6) is -6.10. The van der Waals surface area contributed by atoms with E-state index in [-0.39, 0.29) is 11.5 Å². The molecule has 25 heavy (non-hydrogen) atoms. The fraction of sp³-hybridized carbons (Fsp3) is 0.438. The molecule has 1 aliphatic heterocycles. The molecule has 2 atom stereocenters. The summed E-state index contributed by atoms with van der Waals surface area (Å²) in [7, 11) is 0. The summed E-state index contributed by atoms with van der Waals surface area (Å²) in [6.45, 7) is -0.415. The number of hydrogen-bond acceptors (Lipinski definition) is 4. The van der Waals surface area contributed by atoms with Gasteiger partial charge in [0.15, 0.2) is 12.4 Å². The number of Topliss-reactive ketones (excluding diaryl/α,β-unsaturated/α-hetero) is 1. The van der Waals surface area contributed by atoms with E-state index < -0.39 is 49.6 Å². The van der Waals surface area contributed by atoms with Gasteiger partial charge in [-0.15, -0.1) is 0 Å². The summed E-state index contributed by atoms with van der Waals surface area (Å²) in [5, 5.41) is 8.94. The molecule has 1 aliphatic rings. The predicted molar refractivity (Wildman–Crippen MR) is 79.2 cm³/mol. The minimum absolute atomic E-state index is 0.200. The van der Waals surface area contributed by atoms with Crippen LogP contribution in [0.3, 0.4) is 0 Å². The number of benzene rings is 1. The first-order valence-corrected chi connectivity index (χ1v) is 7.40. The molecule has 0 bridgehead atoms. The van der Waals surface area contributed by atoms with Crippen molar-refractivity contribution in [2.45, 2.75) is 13.1 Å². The van der Waals surface area contributed by atoms with E-state index in [1.807, 2.05) is 0 Å². The Morgan fingerprint density at radius 2 is 1.96 bits per heavy atom. The number of likely N-dealkylation sites (tertiary alicyclic amines) is 1. The van der Waals surface area contributed by atoms with Gasteiger partial charge in [0.05, 0.1) is 11.8 Å². The van der Waals surface area contributed by atoms with Gasteiger partial charge in [0.2, 0.25) is 0 Å². The van der Waals surface area contributed by atoms with Gasteiger partial charge in [0.25, 0.3) is 5.91 Å². The van der Waals surface area contributed by atoms with Gasteiger partial charge in [-0.05, 0) is 19.1 Å². The second-order valence-electron chi connectivity index (χ2n) is 5.76. The van der Waals surface area contributed by atoms with Crippen molar-refractivity contribution in [3.8, 4) is 5.75 Å². The van der Waals surface area contributed by atoms with Crippen LogP contribution in [0.2, 0.25) is 0 Å². The van der Waals surface area contributed by atoms with Gasteiger partial charge in [-0.25, -0.2) is 0 Å². The Morgan fingerprint density at radius 1 is 1.28 bits per heavy atom. The number of carboxylic acids is 1. The van der Waals surface area contributed by atoms with Crippen LogP contribution in [0.1, 0.15) is 17.3 Å². The fourth-order valence-corrected chi connectivity index (χ4v) is 2.63. The number of nitrogens with zero attached hydrogens (tertiary/aromatic N) is 1. The number of alkyl halides is 3. The average molecular weight is 359 g/mol. The summed E-state index contributed by atoms with van der Waals surface area (Å²) in [6.07, 6.45) is -4.70. The topological polar surface area (TPSA) is 83.9 Å². The first kappa shape index (κ1) is 18.8. The van der Waals surface area contributed by atoms with Crippen LogP contribution in [0.4, 0.5) is 13.2 Å². The van der Waals surface area contributed by atoms with Crippen molar-refractivity contribution in [1.29, 1.82) is 0 Å². The van der Waals surface area contributed by atoms with Gasteiger partial charge in [-0.2, -0.15) is 13.2 Å². The maximum atomic E-state index is 12.9. The molecule has 0 spiro atoms. The van der Waals surface area contributed by atoms with Crippen molar-refractivity contribution >= 4 is 17.7 Å². The Hall–Kier alpha value is -2.58. The smallest absolute Gasteiger partial charge is 0.394 e.